The molecule has 0 unspecified atom stereocenters. The lowest BCUT2D eigenvalue weighted by Gasteiger charge is -2.14. The van der Waals surface area contributed by atoms with Gasteiger partial charge < -0.3 is 14.7 Å². The number of halogens is 1. The van der Waals surface area contributed by atoms with Crippen molar-refractivity contribution in [3.8, 4) is 0 Å². The molecule has 1 aromatic heterocycles. The molecular weight excluding hydrogens is 282 g/mol. The van der Waals surface area contributed by atoms with Gasteiger partial charge in [0.2, 0.25) is 0 Å². The first-order valence-electron chi connectivity index (χ1n) is 6.04. The molecule has 0 fully saturated rings. The largest absolute Gasteiger partial charge is 0.386 e. The number of aliphatic hydroxyl groups excluding tert-OH is 1. The fourth-order valence-electron chi connectivity index (χ4n) is 1.73. The number of thiophene rings is 1. The van der Waals surface area contributed by atoms with E-state index in [0.29, 0.717) is 13.2 Å². The third kappa shape index (κ3) is 4.75. The van der Waals surface area contributed by atoms with E-state index in [1.54, 1.807) is 11.3 Å². The minimum absolute atomic E-state index is 0. The zero-order valence-electron chi connectivity index (χ0n) is 11.2. The SMILES string of the molecule is CN(C)CCOC[C@H](O)c1ccc2sccc2c1.Cl. The van der Waals surface area contributed by atoms with Crippen LogP contribution in [0.2, 0.25) is 0 Å². The van der Waals surface area contributed by atoms with Crippen LogP contribution >= 0.6 is 23.7 Å². The molecule has 0 bridgehead atoms. The Bertz CT molecular complexity index is 501. The van der Waals surface area contributed by atoms with Gasteiger partial charge in [-0.25, -0.2) is 0 Å². The highest BCUT2D eigenvalue weighted by Gasteiger charge is 2.08. The Morgan fingerprint density at radius 1 is 1.32 bits per heavy atom. The zero-order valence-corrected chi connectivity index (χ0v) is 12.8. The van der Waals surface area contributed by atoms with Crippen molar-refractivity contribution in [2.24, 2.45) is 0 Å². The van der Waals surface area contributed by atoms with E-state index in [-0.39, 0.29) is 12.4 Å². The molecule has 0 saturated carbocycles. The van der Waals surface area contributed by atoms with Gasteiger partial charge >= 0.3 is 0 Å². The van der Waals surface area contributed by atoms with E-state index in [0.717, 1.165) is 12.1 Å². The van der Waals surface area contributed by atoms with Crippen molar-refractivity contribution in [3.63, 3.8) is 0 Å². The molecule has 2 aromatic rings. The second kappa shape index (κ2) is 7.82. The molecule has 3 nitrogen and oxygen atoms in total. The van der Waals surface area contributed by atoms with E-state index in [1.807, 2.05) is 26.2 Å². The number of fused-ring (bicyclic) bond motifs is 1. The number of likely N-dealkylation sites (N-methyl/N-ethyl adjacent to an activating group) is 1. The third-order valence-electron chi connectivity index (χ3n) is 2.82. The van der Waals surface area contributed by atoms with Gasteiger partial charge in [-0.1, -0.05) is 6.07 Å². The van der Waals surface area contributed by atoms with E-state index < -0.39 is 6.10 Å². The second-order valence-corrected chi connectivity index (χ2v) is 5.56. The molecule has 0 aliphatic heterocycles. The van der Waals surface area contributed by atoms with Crippen molar-refractivity contribution >= 4 is 33.8 Å². The van der Waals surface area contributed by atoms with Crippen molar-refractivity contribution in [2.75, 3.05) is 33.9 Å². The molecule has 1 atom stereocenters. The lowest BCUT2D eigenvalue weighted by molar-refractivity contribution is 0.0307. The maximum absolute atomic E-state index is 10.0. The first-order valence-corrected chi connectivity index (χ1v) is 6.92. The number of benzene rings is 1. The van der Waals surface area contributed by atoms with Gasteiger partial charge in [0.1, 0.15) is 6.10 Å². The Labute approximate surface area is 124 Å². The molecule has 2 rings (SSSR count). The molecular formula is C14H20ClNO2S. The van der Waals surface area contributed by atoms with Crippen LogP contribution in [0.15, 0.2) is 29.6 Å². The zero-order chi connectivity index (χ0) is 13.0. The minimum atomic E-state index is -0.545. The number of aliphatic hydroxyl groups is 1. The van der Waals surface area contributed by atoms with Crippen molar-refractivity contribution in [2.45, 2.75) is 6.10 Å². The van der Waals surface area contributed by atoms with E-state index in [1.165, 1.54) is 10.1 Å². The van der Waals surface area contributed by atoms with Crippen LogP contribution in [0.4, 0.5) is 0 Å². The summed E-state index contributed by atoms with van der Waals surface area (Å²) in [5.74, 6) is 0. The van der Waals surface area contributed by atoms with Crippen LogP contribution in [0.25, 0.3) is 10.1 Å². The van der Waals surface area contributed by atoms with Gasteiger partial charge in [0.05, 0.1) is 13.2 Å². The summed E-state index contributed by atoms with van der Waals surface area (Å²) in [7, 11) is 4.01. The van der Waals surface area contributed by atoms with Crippen molar-refractivity contribution < 1.29 is 9.84 Å². The molecule has 0 aliphatic carbocycles. The Balaban J connectivity index is 0.00000180. The van der Waals surface area contributed by atoms with Gasteiger partial charge in [-0.3, -0.25) is 0 Å². The molecule has 0 amide bonds. The van der Waals surface area contributed by atoms with Crippen LogP contribution in [0.3, 0.4) is 0 Å². The number of rotatable bonds is 6. The summed E-state index contributed by atoms with van der Waals surface area (Å²) >= 11 is 1.71. The minimum Gasteiger partial charge on any atom is -0.386 e. The van der Waals surface area contributed by atoms with Gasteiger partial charge in [0.25, 0.3) is 0 Å². The first-order chi connectivity index (χ1) is 8.66. The Morgan fingerprint density at radius 2 is 2.11 bits per heavy atom. The van der Waals surface area contributed by atoms with Gasteiger partial charge in [-0.05, 0) is 48.6 Å². The summed E-state index contributed by atoms with van der Waals surface area (Å²) < 4.78 is 6.71. The summed E-state index contributed by atoms with van der Waals surface area (Å²) in [5, 5.41) is 13.3. The highest BCUT2D eigenvalue weighted by atomic mass is 35.5. The van der Waals surface area contributed by atoms with Crippen molar-refractivity contribution in [1.29, 1.82) is 0 Å². The Morgan fingerprint density at radius 3 is 2.84 bits per heavy atom. The van der Waals surface area contributed by atoms with Crippen LogP contribution < -0.4 is 0 Å². The van der Waals surface area contributed by atoms with Gasteiger partial charge in [0.15, 0.2) is 0 Å². The average molecular weight is 302 g/mol. The van der Waals surface area contributed by atoms with Gasteiger partial charge in [0, 0.05) is 11.2 Å². The van der Waals surface area contributed by atoms with Crippen molar-refractivity contribution in [3.05, 3.63) is 35.2 Å². The lowest BCUT2D eigenvalue weighted by atomic mass is 10.1. The molecule has 106 valence electrons. The molecule has 0 spiro atoms. The molecule has 1 N–H and O–H groups in total. The molecule has 0 saturated heterocycles. The highest BCUT2D eigenvalue weighted by Crippen LogP contribution is 2.24. The topological polar surface area (TPSA) is 32.7 Å². The first kappa shape index (κ1) is 16.4. The summed E-state index contributed by atoms with van der Waals surface area (Å²) in [6.07, 6.45) is -0.545. The predicted octanol–water partition coefficient (Wildman–Crippen LogP) is 2.93. The summed E-state index contributed by atoms with van der Waals surface area (Å²) in [6.45, 7) is 1.87. The molecule has 0 radical (unpaired) electrons. The standard InChI is InChI=1S/C14H19NO2S.ClH/c1-15(2)6-7-17-10-13(16)11-3-4-14-12(9-11)5-8-18-14;/h3-5,8-9,13,16H,6-7,10H2,1-2H3;1H/t13-;/m0./s1. The van der Waals surface area contributed by atoms with Crippen molar-refractivity contribution in [1.82, 2.24) is 4.90 Å². The Hall–Kier alpha value is -0.650. The van der Waals surface area contributed by atoms with Crippen LogP contribution in [0.1, 0.15) is 11.7 Å². The smallest absolute Gasteiger partial charge is 0.102 e. The monoisotopic (exact) mass is 301 g/mol. The normalized spacial score (nSPS) is 12.6. The maximum atomic E-state index is 10.0. The van der Waals surface area contributed by atoms with E-state index >= 15 is 0 Å². The van der Waals surface area contributed by atoms with Gasteiger partial charge in [-0.15, -0.1) is 23.7 Å². The number of hydrogen-bond donors (Lipinski definition) is 1. The van der Waals surface area contributed by atoms with Crippen LogP contribution in [-0.2, 0) is 4.74 Å². The molecule has 5 heteroatoms. The maximum Gasteiger partial charge on any atom is 0.102 e. The second-order valence-electron chi connectivity index (χ2n) is 4.61. The van der Waals surface area contributed by atoms with Crippen LogP contribution in [-0.4, -0.2) is 43.9 Å². The molecule has 19 heavy (non-hydrogen) atoms. The summed E-state index contributed by atoms with van der Waals surface area (Å²) in [6, 6.07) is 8.13. The van der Waals surface area contributed by atoms with Crippen LogP contribution in [0.5, 0.6) is 0 Å². The molecule has 1 aromatic carbocycles. The lowest BCUT2D eigenvalue weighted by Crippen LogP contribution is -2.19. The fraction of sp³-hybridized carbons (Fsp3) is 0.429. The quantitative estimate of drug-likeness (QED) is 0.833. The number of nitrogens with zero attached hydrogens (tertiary/aromatic N) is 1. The van der Waals surface area contributed by atoms with Gasteiger partial charge in [-0.2, -0.15) is 0 Å². The predicted molar refractivity (Wildman–Crippen MR) is 83.4 cm³/mol. The number of hydrogen-bond acceptors (Lipinski definition) is 4. The number of ether oxygens (including phenoxy) is 1. The van der Waals surface area contributed by atoms with E-state index in [2.05, 4.69) is 22.4 Å². The summed E-state index contributed by atoms with van der Waals surface area (Å²) in [4.78, 5) is 2.06. The van der Waals surface area contributed by atoms with Crippen LogP contribution in [0, 0.1) is 0 Å². The Kier molecular flexibility index (Phi) is 6.75. The third-order valence-corrected chi connectivity index (χ3v) is 3.72. The highest BCUT2D eigenvalue weighted by molar-refractivity contribution is 7.17. The summed E-state index contributed by atoms with van der Waals surface area (Å²) in [5.41, 5.74) is 0.922. The fourth-order valence-corrected chi connectivity index (χ4v) is 2.50. The van der Waals surface area contributed by atoms with E-state index in [4.69, 9.17) is 4.74 Å². The average Bonchev–Trinajstić information content (AvgIpc) is 2.81. The molecule has 1 heterocycles. The van der Waals surface area contributed by atoms with E-state index in [9.17, 15) is 5.11 Å². The molecule has 0 aliphatic rings.